The highest BCUT2D eigenvalue weighted by molar-refractivity contribution is 5.91. The molecule has 0 bridgehead atoms. The van der Waals surface area contributed by atoms with Crippen LogP contribution in [0, 0.1) is 19.3 Å². The Morgan fingerprint density at radius 3 is 2.71 bits per heavy atom. The molecule has 0 radical (unpaired) electrons. The smallest absolute Gasteiger partial charge is 0.321 e. The van der Waals surface area contributed by atoms with Crippen LogP contribution in [0.1, 0.15) is 24.2 Å². The Hall–Kier alpha value is -2.38. The van der Waals surface area contributed by atoms with Crippen LogP contribution in [-0.2, 0) is 0 Å². The van der Waals surface area contributed by atoms with E-state index in [-0.39, 0.29) is 18.1 Å². The van der Waals surface area contributed by atoms with Crippen molar-refractivity contribution in [2.45, 2.75) is 26.7 Å². The molecule has 1 aliphatic rings. The summed E-state index contributed by atoms with van der Waals surface area (Å²) in [6, 6.07) is 9.58. The van der Waals surface area contributed by atoms with Gasteiger partial charge in [0.05, 0.1) is 23.7 Å². The number of piperidine rings is 1. The van der Waals surface area contributed by atoms with Gasteiger partial charge in [0, 0.05) is 30.7 Å². The number of amides is 2. The van der Waals surface area contributed by atoms with E-state index in [0.29, 0.717) is 13.1 Å². The predicted molar refractivity (Wildman–Crippen MR) is 111 cm³/mol. The molecular weight excluding hydrogens is 354 g/mol. The Morgan fingerprint density at radius 1 is 1.32 bits per heavy atom. The Morgan fingerprint density at radius 2 is 2.07 bits per heavy atom. The van der Waals surface area contributed by atoms with Gasteiger partial charge in [0.25, 0.3) is 0 Å². The highest BCUT2D eigenvalue weighted by Crippen LogP contribution is 2.31. The van der Waals surface area contributed by atoms with Crippen molar-refractivity contribution in [2.75, 3.05) is 45.7 Å². The second-order valence-electron chi connectivity index (χ2n) is 8.21. The monoisotopic (exact) mass is 385 g/mol. The molecule has 152 valence electrons. The molecule has 0 aliphatic carbocycles. The number of hydrogen-bond donors (Lipinski definition) is 2. The maximum Gasteiger partial charge on any atom is 0.321 e. The van der Waals surface area contributed by atoms with Crippen LogP contribution in [0.4, 0.5) is 10.5 Å². The number of rotatable bonds is 5. The first-order valence-electron chi connectivity index (χ1n) is 9.78. The number of carbonyl (C=O) groups is 1. The molecule has 3 rings (SSSR count). The average molecular weight is 386 g/mol. The van der Waals surface area contributed by atoms with Crippen molar-refractivity contribution in [1.29, 1.82) is 0 Å². The number of likely N-dealkylation sites (tertiary alicyclic amines) is 1. The summed E-state index contributed by atoms with van der Waals surface area (Å²) in [4.78, 5) is 16.9. The number of benzene rings is 1. The summed E-state index contributed by atoms with van der Waals surface area (Å²) in [5.41, 5.74) is 3.26. The summed E-state index contributed by atoms with van der Waals surface area (Å²) in [5.74, 6) is 0. The topological polar surface area (TPSA) is 73.6 Å². The van der Waals surface area contributed by atoms with Gasteiger partial charge in [-0.2, -0.15) is 5.10 Å². The molecule has 7 nitrogen and oxygen atoms in total. The van der Waals surface area contributed by atoms with E-state index in [1.165, 1.54) is 0 Å². The molecule has 1 fully saturated rings. The molecule has 2 heterocycles. The highest BCUT2D eigenvalue weighted by Gasteiger charge is 2.37. The number of para-hydroxylation sites is 2. The van der Waals surface area contributed by atoms with Gasteiger partial charge in [-0.25, -0.2) is 9.48 Å². The summed E-state index contributed by atoms with van der Waals surface area (Å²) in [5, 5.41) is 17.6. The van der Waals surface area contributed by atoms with Crippen LogP contribution in [0.3, 0.4) is 0 Å². The molecule has 1 aromatic heterocycles. The third-order valence-electron chi connectivity index (χ3n) is 5.32. The zero-order chi connectivity index (χ0) is 20.3. The fourth-order valence-corrected chi connectivity index (χ4v) is 4.19. The van der Waals surface area contributed by atoms with E-state index in [9.17, 15) is 9.90 Å². The fourth-order valence-electron chi connectivity index (χ4n) is 4.19. The Labute approximate surface area is 166 Å². The summed E-state index contributed by atoms with van der Waals surface area (Å²) < 4.78 is 1.85. The SMILES string of the molecule is Cc1cc(C)n(-c2ccccc2NC(=O)N2CCC[C@](CO)(CN(C)C)C2)n1. The van der Waals surface area contributed by atoms with Crippen molar-refractivity contribution >= 4 is 11.7 Å². The second kappa shape index (κ2) is 8.32. The first-order chi connectivity index (χ1) is 13.3. The average Bonchev–Trinajstić information content (AvgIpc) is 2.99. The van der Waals surface area contributed by atoms with Crippen molar-refractivity contribution < 1.29 is 9.90 Å². The number of urea groups is 1. The first-order valence-corrected chi connectivity index (χ1v) is 9.78. The number of nitrogens with one attached hydrogen (secondary N) is 1. The first kappa shape index (κ1) is 20.4. The van der Waals surface area contributed by atoms with Gasteiger partial charge in [0.1, 0.15) is 0 Å². The second-order valence-corrected chi connectivity index (χ2v) is 8.21. The number of hydrogen-bond acceptors (Lipinski definition) is 4. The summed E-state index contributed by atoms with van der Waals surface area (Å²) in [7, 11) is 4.00. The lowest BCUT2D eigenvalue weighted by Crippen LogP contribution is -2.52. The van der Waals surface area contributed by atoms with Crippen LogP contribution in [0.25, 0.3) is 5.69 Å². The van der Waals surface area contributed by atoms with Crippen LogP contribution in [0.2, 0.25) is 0 Å². The van der Waals surface area contributed by atoms with Gasteiger partial charge in [-0.05, 0) is 59.0 Å². The summed E-state index contributed by atoms with van der Waals surface area (Å²) in [6.07, 6.45) is 1.81. The zero-order valence-electron chi connectivity index (χ0n) is 17.3. The predicted octanol–water partition coefficient (Wildman–Crippen LogP) is 2.66. The summed E-state index contributed by atoms with van der Waals surface area (Å²) >= 11 is 0. The molecule has 0 saturated carbocycles. The van der Waals surface area contributed by atoms with Gasteiger partial charge >= 0.3 is 6.03 Å². The van der Waals surface area contributed by atoms with Gasteiger partial charge in [-0.1, -0.05) is 12.1 Å². The van der Waals surface area contributed by atoms with E-state index in [0.717, 1.165) is 42.1 Å². The molecule has 1 aromatic carbocycles. The molecule has 2 N–H and O–H groups in total. The highest BCUT2D eigenvalue weighted by atomic mass is 16.3. The minimum atomic E-state index is -0.270. The van der Waals surface area contributed by atoms with E-state index in [1.54, 1.807) is 0 Å². The molecule has 1 saturated heterocycles. The van der Waals surface area contributed by atoms with E-state index in [1.807, 2.05) is 67.9 Å². The molecule has 28 heavy (non-hydrogen) atoms. The van der Waals surface area contributed by atoms with Crippen LogP contribution in [0.5, 0.6) is 0 Å². The number of aliphatic hydroxyl groups excluding tert-OH is 1. The van der Waals surface area contributed by atoms with Crippen molar-refractivity contribution in [3.63, 3.8) is 0 Å². The van der Waals surface area contributed by atoms with Crippen molar-refractivity contribution in [1.82, 2.24) is 19.6 Å². The molecule has 0 spiro atoms. The molecule has 7 heteroatoms. The maximum atomic E-state index is 13.0. The Balaban J connectivity index is 1.79. The number of nitrogens with zero attached hydrogens (tertiary/aromatic N) is 4. The van der Waals surface area contributed by atoms with Crippen LogP contribution in [0.15, 0.2) is 30.3 Å². The van der Waals surface area contributed by atoms with Crippen molar-refractivity contribution in [3.05, 3.63) is 41.7 Å². The standard InChI is InChI=1S/C21H31N5O2/c1-16-12-17(2)26(23-16)19-9-6-5-8-18(19)22-20(28)25-11-7-10-21(14-25,15-27)13-24(3)4/h5-6,8-9,12,27H,7,10-11,13-15H2,1-4H3,(H,22,28)/t21-/m0/s1. The van der Waals surface area contributed by atoms with Crippen LogP contribution < -0.4 is 5.32 Å². The lowest BCUT2D eigenvalue weighted by molar-refractivity contribution is 0.0294. The molecule has 0 unspecified atom stereocenters. The number of aliphatic hydroxyl groups is 1. The molecule has 2 aromatic rings. The van der Waals surface area contributed by atoms with Gasteiger partial charge in [0.15, 0.2) is 0 Å². The van der Waals surface area contributed by atoms with Gasteiger partial charge in [-0.15, -0.1) is 0 Å². The maximum absolute atomic E-state index is 13.0. The molecular formula is C21H31N5O2. The van der Waals surface area contributed by atoms with Gasteiger partial charge in [-0.3, -0.25) is 0 Å². The normalized spacial score (nSPS) is 19.9. The number of anilines is 1. The Kier molecular flexibility index (Phi) is 6.05. The minimum Gasteiger partial charge on any atom is -0.396 e. The number of aromatic nitrogens is 2. The van der Waals surface area contributed by atoms with Crippen LogP contribution in [-0.4, -0.2) is 71.1 Å². The fraction of sp³-hybridized carbons (Fsp3) is 0.524. The number of carbonyl (C=O) groups excluding carboxylic acids is 1. The lowest BCUT2D eigenvalue weighted by Gasteiger charge is -2.43. The largest absolute Gasteiger partial charge is 0.396 e. The zero-order valence-corrected chi connectivity index (χ0v) is 17.3. The molecule has 1 aliphatic heterocycles. The van der Waals surface area contributed by atoms with Crippen molar-refractivity contribution in [2.24, 2.45) is 5.41 Å². The summed E-state index contributed by atoms with van der Waals surface area (Å²) in [6.45, 7) is 6.04. The van der Waals surface area contributed by atoms with Gasteiger partial charge < -0.3 is 20.2 Å². The molecule has 2 amide bonds. The van der Waals surface area contributed by atoms with Crippen LogP contribution >= 0.6 is 0 Å². The van der Waals surface area contributed by atoms with Gasteiger partial charge in [0.2, 0.25) is 0 Å². The minimum absolute atomic E-state index is 0.0807. The van der Waals surface area contributed by atoms with E-state index >= 15 is 0 Å². The number of aryl methyl sites for hydroxylation is 2. The lowest BCUT2D eigenvalue weighted by atomic mass is 9.80. The third kappa shape index (κ3) is 4.36. The third-order valence-corrected chi connectivity index (χ3v) is 5.32. The van der Waals surface area contributed by atoms with E-state index in [4.69, 9.17) is 0 Å². The molecule has 1 atom stereocenters. The quantitative estimate of drug-likeness (QED) is 0.830. The van der Waals surface area contributed by atoms with E-state index < -0.39 is 0 Å². The van der Waals surface area contributed by atoms with E-state index in [2.05, 4.69) is 15.3 Å². The van der Waals surface area contributed by atoms with Crippen molar-refractivity contribution in [3.8, 4) is 5.69 Å². The Bertz CT molecular complexity index is 832.